The summed E-state index contributed by atoms with van der Waals surface area (Å²) < 4.78 is 17.4. The molecule has 0 N–H and O–H groups in total. The van der Waals surface area contributed by atoms with Gasteiger partial charge in [-0.15, -0.1) is 0 Å². The molecule has 2 rings (SSSR count). The Kier molecular flexibility index (Phi) is 17.0. The fraction of sp³-hybridized carbons (Fsp3) is 0.667. The van der Waals surface area contributed by atoms with Crippen LogP contribution >= 0.6 is 0 Å². The summed E-state index contributed by atoms with van der Waals surface area (Å²) in [5.74, 6) is 1.21. The number of hydrogen-bond acceptors (Lipinski definition) is 5. The van der Waals surface area contributed by atoms with E-state index in [0.29, 0.717) is 43.6 Å². The third-order valence-corrected chi connectivity index (χ3v) is 4.02. The molecule has 1 aliphatic rings. The number of halogens is 2. The number of nitrogens with zero attached hydrogens (tertiary/aromatic N) is 3. The van der Waals surface area contributed by atoms with E-state index in [1.54, 1.807) is 6.07 Å². The summed E-state index contributed by atoms with van der Waals surface area (Å²) >= 11 is 0. The predicted molar refractivity (Wildman–Crippen MR) is 95.0 cm³/mol. The first-order valence-corrected chi connectivity index (χ1v) is 8.92. The zero-order chi connectivity index (χ0) is 17.2. The summed E-state index contributed by atoms with van der Waals surface area (Å²) in [5.41, 5.74) is 1.39. The second-order valence-corrected chi connectivity index (χ2v) is 5.87. The largest absolute Gasteiger partial charge is 1.00 e. The van der Waals surface area contributed by atoms with Gasteiger partial charge in [0, 0.05) is 19.2 Å². The average Bonchev–Trinajstić information content (AvgIpc) is 2.63. The van der Waals surface area contributed by atoms with Crippen LogP contribution in [0.15, 0.2) is 12.1 Å². The van der Waals surface area contributed by atoms with Gasteiger partial charge in [0.25, 0.3) is 5.75 Å². The third kappa shape index (κ3) is 8.40. The van der Waals surface area contributed by atoms with Gasteiger partial charge in [0.05, 0.1) is 32.1 Å². The first kappa shape index (κ1) is 28.4. The Morgan fingerprint density at radius 3 is 2.07 bits per heavy atom. The third-order valence-electron chi connectivity index (χ3n) is 4.02. The van der Waals surface area contributed by atoms with Crippen LogP contribution in [0.25, 0.3) is 4.98 Å². The van der Waals surface area contributed by atoms with Crippen LogP contribution in [0.4, 0.5) is 11.4 Å². The van der Waals surface area contributed by atoms with Gasteiger partial charge in [-0.25, -0.2) is 0 Å². The molecule has 0 unspecified atom stereocenters. The van der Waals surface area contributed by atoms with Crippen LogP contribution in [-0.4, -0.2) is 39.5 Å². The molecule has 0 amide bonds. The summed E-state index contributed by atoms with van der Waals surface area (Å²) in [6.07, 6.45) is 4.02. The van der Waals surface area contributed by atoms with E-state index >= 15 is 0 Å². The molecule has 6 nitrogen and oxygen atoms in total. The molecule has 0 aromatic heterocycles. The smallest absolute Gasteiger partial charge is 1.00 e. The molecule has 1 heterocycles. The van der Waals surface area contributed by atoms with Crippen LogP contribution < -0.4 is 39.2 Å². The first-order chi connectivity index (χ1) is 11.8. The number of diazo groups is 1. The zero-order valence-electron chi connectivity index (χ0n) is 16.3. The molecule has 0 atom stereocenters. The van der Waals surface area contributed by atoms with Crippen molar-refractivity contribution in [2.45, 2.75) is 39.5 Å². The fourth-order valence-corrected chi connectivity index (χ4v) is 2.59. The van der Waals surface area contributed by atoms with Gasteiger partial charge in [-0.1, -0.05) is 26.7 Å². The molecule has 1 aromatic rings. The summed E-state index contributed by atoms with van der Waals surface area (Å²) in [7, 11) is 0. The number of hydrogen-bond donors (Lipinski definition) is 0. The second kappa shape index (κ2) is 16.2. The maximum atomic E-state index is 9.33. The molecule has 1 radical (unpaired) electrons. The van der Waals surface area contributed by atoms with E-state index in [9.17, 15) is 5.39 Å². The first-order valence-electron chi connectivity index (χ1n) is 8.92. The molecule has 149 valence electrons. The van der Waals surface area contributed by atoms with Gasteiger partial charge in [0.1, 0.15) is 0 Å². The van der Waals surface area contributed by atoms with E-state index in [-0.39, 0.29) is 44.3 Å². The van der Waals surface area contributed by atoms with Crippen molar-refractivity contribution in [2.75, 3.05) is 44.4 Å². The average molecular weight is 471 g/mol. The second-order valence-electron chi connectivity index (χ2n) is 5.87. The summed E-state index contributed by atoms with van der Waals surface area (Å²) in [4.78, 5) is 5.61. The van der Waals surface area contributed by atoms with Gasteiger partial charge in [0.15, 0.2) is 10.7 Å². The fourth-order valence-electron chi connectivity index (χ4n) is 2.59. The van der Waals surface area contributed by atoms with Crippen LogP contribution in [0.3, 0.4) is 0 Å². The van der Waals surface area contributed by atoms with Crippen LogP contribution in [0.5, 0.6) is 11.5 Å². The SMILES string of the molecule is CCCCOc1c([N+]#N)ccc(N2CCOCC2)c1OCCCC.[Cl-].[Cl-].[Zn+]. The monoisotopic (exact) mass is 468 g/mol. The standard InChI is InChI=1S/C18H28N3O3.2ClH.Zn/c1-3-5-11-23-17-15(20-19)7-8-16(18(17)24-12-6-4-2)21-9-13-22-14-10-21;;;/h7-8H,3-6,9-14H2,1-2H3;2*1H;/q+1;;;+1/p-2. The maximum absolute atomic E-state index is 9.33. The van der Waals surface area contributed by atoms with Gasteiger partial charge in [-0.3, -0.25) is 0 Å². The van der Waals surface area contributed by atoms with Crippen molar-refractivity contribution in [2.24, 2.45) is 0 Å². The van der Waals surface area contributed by atoms with Crippen LogP contribution in [0, 0.1) is 5.39 Å². The summed E-state index contributed by atoms with van der Waals surface area (Å²) in [5, 5.41) is 9.33. The summed E-state index contributed by atoms with van der Waals surface area (Å²) in [6, 6.07) is 3.72. The molecular weight excluding hydrogens is 443 g/mol. The number of benzene rings is 1. The van der Waals surface area contributed by atoms with Crippen molar-refractivity contribution >= 4 is 11.4 Å². The Labute approximate surface area is 187 Å². The summed E-state index contributed by atoms with van der Waals surface area (Å²) in [6.45, 7) is 8.47. The van der Waals surface area contributed by atoms with E-state index in [1.807, 2.05) is 6.07 Å². The molecule has 1 saturated heterocycles. The van der Waals surface area contributed by atoms with Crippen molar-refractivity contribution in [1.82, 2.24) is 0 Å². The van der Waals surface area contributed by atoms with Crippen molar-refractivity contribution in [1.29, 1.82) is 5.39 Å². The Hall–Kier alpha value is -0.797. The number of morpholine rings is 1. The van der Waals surface area contributed by atoms with Crippen molar-refractivity contribution in [3.8, 4) is 11.5 Å². The quantitative estimate of drug-likeness (QED) is 0.246. The normalized spacial score (nSPS) is 12.7. The molecular formula is C18H28Cl2N3O3Zn. The Morgan fingerprint density at radius 1 is 1.00 bits per heavy atom. The van der Waals surface area contributed by atoms with Crippen LogP contribution in [-0.2, 0) is 24.2 Å². The zero-order valence-corrected chi connectivity index (χ0v) is 20.7. The number of unbranched alkanes of at least 4 members (excludes halogenated alkanes) is 2. The molecule has 0 saturated carbocycles. The van der Waals surface area contributed by atoms with E-state index < -0.39 is 0 Å². The van der Waals surface area contributed by atoms with Gasteiger partial charge in [-0.05, 0) is 18.9 Å². The molecule has 0 aliphatic carbocycles. The predicted octanol–water partition coefficient (Wildman–Crippen LogP) is -1.63. The minimum absolute atomic E-state index is 0. The van der Waals surface area contributed by atoms with Gasteiger partial charge >= 0.3 is 25.2 Å². The van der Waals surface area contributed by atoms with Crippen molar-refractivity contribution < 1.29 is 58.5 Å². The van der Waals surface area contributed by atoms with Gasteiger partial charge in [-0.2, -0.15) is 0 Å². The number of anilines is 1. The van der Waals surface area contributed by atoms with Gasteiger partial charge < -0.3 is 43.9 Å². The molecule has 0 spiro atoms. The van der Waals surface area contributed by atoms with E-state index in [1.165, 1.54) is 0 Å². The Balaban J connectivity index is 0. The molecule has 1 aromatic carbocycles. The van der Waals surface area contributed by atoms with Crippen molar-refractivity contribution in [3.05, 3.63) is 17.1 Å². The Bertz CT molecular complexity index is 568. The molecule has 27 heavy (non-hydrogen) atoms. The van der Waals surface area contributed by atoms with Crippen LogP contribution in [0.1, 0.15) is 39.5 Å². The Morgan fingerprint density at radius 2 is 1.56 bits per heavy atom. The molecule has 9 heteroatoms. The number of rotatable bonds is 9. The minimum Gasteiger partial charge on any atom is -1.00 e. The van der Waals surface area contributed by atoms with Crippen LogP contribution in [0.2, 0.25) is 0 Å². The molecule has 1 fully saturated rings. The van der Waals surface area contributed by atoms with Crippen molar-refractivity contribution in [3.63, 3.8) is 0 Å². The van der Waals surface area contributed by atoms with E-state index in [0.717, 1.165) is 44.5 Å². The topological polar surface area (TPSA) is 59.1 Å². The number of ether oxygens (including phenoxy) is 3. The van der Waals surface area contributed by atoms with Gasteiger partial charge in [0.2, 0.25) is 5.39 Å². The maximum Gasteiger partial charge on any atom is 1.00 e. The van der Waals surface area contributed by atoms with E-state index in [2.05, 4.69) is 23.7 Å². The molecule has 1 aliphatic heterocycles. The van der Waals surface area contributed by atoms with E-state index in [4.69, 9.17) is 14.2 Å². The minimum atomic E-state index is 0. The molecule has 0 bridgehead atoms.